The number of hydrogen-bond donors (Lipinski definition) is 1. The first-order valence-electron chi connectivity index (χ1n) is 8.94. The van der Waals surface area contributed by atoms with Gasteiger partial charge in [0.05, 0.1) is 14.2 Å². The molecule has 1 N–H and O–H groups in total. The molecule has 2 aromatic carbocycles. The average Bonchev–Trinajstić information content (AvgIpc) is 2.67. The predicted octanol–water partition coefficient (Wildman–Crippen LogP) is 4.71. The third-order valence-electron chi connectivity index (χ3n) is 4.80. The van der Waals surface area contributed by atoms with E-state index in [1.807, 2.05) is 18.2 Å². The van der Waals surface area contributed by atoms with Crippen molar-refractivity contribution in [2.75, 3.05) is 19.5 Å². The Bertz CT molecular complexity index is 809. The fraction of sp³-hybridized carbons (Fsp3) is 0.318. The Labute approximate surface area is 154 Å². The van der Waals surface area contributed by atoms with Crippen LogP contribution in [0.3, 0.4) is 0 Å². The van der Waals surface area contributed by atoms with Crippen molar-refractivity contribution >= 4 is 11.5 Å². The highest BCUT2D eigenvalue weighted by atomic mass is 16.5. The summed E-state index contributed by atoms with van der Waals surface area (Å²) in [5.41, 5.74) is 4.34. The molecular formula is C22H25NO3. The number of ether oxygens (including phenoxy) is 2. The average molecular weight is 351 g/mol. The van der Waals surface area contributed by atoms with Crippen molar-refractivity contribution in [3.05, 3.63) is 65.4 Å². The molecule has 4 heteroatoms. The number of anilines is 1. The highest BCUT2D eigenvalue weighted by Crippen LogP contribution is 2.36. The van der Waals surface area contributed by atoms with E-state index < -0.39 is 0 Å². The van der Waals surface area contributed by atoms with Crippen LogP contribution in [0.1, 0.15) is 36.8 Å². The molecule has 136 valence electrons. The van der Waals surface area contributed by atoms with Crippen molar-refractivity contribution in [2.24, 2.45) is 0 Å². The van der Waals surface area contributed by atoms with Gasteiger partial charge in [0.1, 0.15) is 0 Å². The van der Waals surface area contributed by atoms with E-state index in [0.29, 0.717) is 17.9 Å². The molecule has 0 spiro atoms. The smallest absolute Gasteiger partial charge is 0.160 e. The molecule has 0 fully saturated rings. The number of methoxy groups -OCH3 is 2. The molecule has 0 radical (unpaired) electrons. The maximum atomic E-state index is 12.3. The standard InChI is InChI=1S/C22H25NO3/c1-4-15-5-8-18(9-6-15)23-19-11-17(12-20(24)14-19)16-7-10-21(25-2)22(13-16)26-3/h5-10,13-14,17,23H,4,11-12H2,1-3H3/t17-/m1/s1. The second-order valence-corrected chi connectivity index (χ2v) is 6.53. The summed E-state index contributed by atoms with van der Waals surface area (Å²) in [7, 11) is 3.25. The van der Waals surface area contributed by atoms with Crippen LogP contribution < -0.4 is 14.8 Å². The zero-order chi connectivity index (χ0) is 18.5. The Morgan fingerprint density at radius 1 is 1.00 bits per heavy atom. The minimum atomic E-state index is 0.129. The lowest BCUT2D eigenvalue weighted by molar-refractivity contribution is -0.115. The number of hydrogen-bond acceptors (Lipinski definition) is 4. The monoisotopic (exact) mass is 351 g/mol. The maximum Gasteiger partial charge on any atom is 0.160 e. The van der Waals surface area contributed by atoms with Crippen molar-refractivity contribution < 1.29 is 14.3 Å². The van der Waals surface area contributed by atoms with Crippen molar-refractivity contribution in [3.8, 4) is 11.5 Å². The number of carbonyl (C=O) groups is 1. The van der Waals surface area contributed by atoms with Gasteiger partial charge in [0.2, 0.25) is 0 Å². The van der Waals surface area contributed by atoms with Crippen molar-refractivity contribution in [2.45, 2.75) is 32.1 Å². The normalized spacial score (nSPS) is 16.8. The number of nitrogens with one attached hydrogen (secondary N) is 1. The van der Waals surface area contributed by atoms with Gasteiger partial charge in [0, 0.05) is 23.9 Å². The van der Waals surface area contributed by atoms with Gasteiger partial charge in [0.25, 0.3) is 0 Å². The molecule has 4 nitrogen and oxygen atoms in total. The predicted molar refractivity (Wildman–Crippen MR) is 104 cm³/mol. The van der Waals surface area contributed by atoms with E-state index in [0.717, 1.165) is 29.8 Å². The molecule has 2 aromatic rings. The van der Waals surface area contributed by atoms with Gasteiger partial charge in [-0.1, -0.05) is 25.1 Å². The van der Waals surface area contributed by atoms with Crippen LogP contribution in [-0.4, -0.2) is 20.0 Å². The molecular weight excluding hydrogens is 326 g/mol. The fourth-order valence-corrected chi connectivity index (χ4v) is 3.33. The second kappa shape index (κ2) is 8.09. The molecule has 0 unspecified atom stereocenters. The Morgan fingerprint density at radius 3 is 2.38 bits per heavy atom. The third-order valence-corrected chi connectivity index (χ3v) is 4.80. The molecule has 0 amide bonds. The molecule has 0 heterocycles. The largest absolute Gasteiger partial charge is 0.493 e. The molecule has 26 heavy (non-hydrogen) atoms. The number of benzene rings is 2. The minimum absolute atomic E-state index is 0.129. The SMILES string of the molecule is CCc1ccc(NC2=CC(=O)C[C@H](c3ccc(OC)c(OC)c3)C2)cc1. The van der Waals surface area contributed by atoms with Crippen LogP contribution in [0.15, 0.2) is 54.2 Å². The number of aryl methyl sites for hydroxylation is 1. The molecule has 0 saturated carbocycles. The summed E-state index contributed by atoms with van der Waals surface area (Å²) in [6, 6.07) is 14.2. The van der Waals surface area contributed by atoms with E-state index in [-0.39, 0.29) is 11.7 Å². The Balaban J connectivity index is 1.77. The zero-order valence-corrected chi connectivity index (χ0v) is 15.5. The van der Waals surface area contributed by atoms with E-state index in [9.17, 15) is 4.79 Å². The molecule has 0 bridgehead atoms. The van der Waals surface area contributed by atoms with Crippen molar-refractivity contribution in [1.82, 2.24) is 0 Å². The first kappa shape index (κ1) is 18.1. The van der Waals surface area contributed by atoms with E-state index >= 15 is 0 Å². The van der Waals surface area contributed by atoms with Gasteiger partial charge in [-0.3, -0.25) is 4.79 Å². The maximum absolute atomic E-state index is 12.3. The zero-order valence-electron chi connectivity index (χ0n) is 15.5. The van der Waals surface area contributed by atoms with Crippen LogP contribution >= 0.6 is 0 Å². The van der Waals surface area contributed by atoms with E-state index in [2.05, 4.69) is 36.5 Å². The summed E-state index contributed by atoms with van der Waals surface area (Å²) in [6.45, 7) is 2.14. The van der Waals surface area contributed by atoms with Gasteiger partial charge in [-0.25, -0.2) is 0 Å². The van der Waals surface area contributed by atoms with Gasteiger partial charge >= 0.3 is 0 Å². The van der Waals surface area contributed by atoms with Crippen LogP contribution in [0, 0.1) is 0 Å². The summed E-state index contributed by atoms with van der Waals surface area (Å²) < 4.78 is 10.7. The Morgan fingerprint density at radius 2 is 1.73 bits per heavy atom. The Hall–Kier alpha value is -2.75. The summed E-state index contributed by atoms with van der Waals surface area (Å²) >= 11 is 0. The topological polar surface area (TPSA) is 47.6 Å². The van der Waals surface area contributed by atoms with E-state index in [1.54, 1.807) is 20.3 Å². The summed E-state index contributed by atoms with van der Waals surface area (Å²) in [4.78, 5) is 12.3. The molecule has 0 saturated heterocycles. The fourth-order valence-electron chi connectivity index (χ4n) is 3.33. The van der Waals surface area contributed by atoms with Crippen LogP contribution in [0.4, 0.5) is 5.69 Å². The number of carbonyl (C=O) groups excluding carboxylic acids is 1. The molecule has 1 atom stereocenters. The first-order valence-corrected chi connectivity index (χ1v) is 8.94. The summed E-state index contributed by atoms with van der Waals surface area (Å²) in [5.74, 6) is 1.66. The Kier molecular flexibility index (Phi) is 5.61. The highest BCUT2D eigenvalue weighted by molar-refractivity contribution is 5.92. The molecule has 1 aliphatic carbocycles. The molecule has 0 aliphatic heterocycles. The third kappa shape index (κ3) is 4.07. The lowest BCUT2D eigenvalue weighted by Gasteiger charge is -2.24. The first-order chi connectivity index (χ1) is 12.6. The van der Waals surface area contributed by atoms with Gasteiger partial charge in [0.15, 0.2) is 17.3 Å². The van der Waals surface area contributed by atoms with E-state index in [1.165, 1.54) is 5.56 Å². The van der Waals surface area contributed by atoms with E-state index in [4.69, 9.17) is 9.47 Å². The highest BCUT2D eigenvalue weighted by Gasteiger charge is 2.23. The van der Waals surface area contributed by atoms with Crippen LogP contribution in [-0.2, 0) is 11.2 Å². The molecule has 1 aliphatic rings. The van der Waals surface area contributed by atoms with Crippen molar-refractivity contribution in [3.63, 3.8) is 0 Å². The number of allylic oxidation sites excluding steroid dienone is 2. The number of ketones is 1. The van der Waals surface area contributed by atoms with Gasteiger partial charge < -0.3 is 14.8 Å². The van der Waals surface area contributed by atoms with Crippen molar-refractivity contribution in [1.29, 1.82) is 0 Å². The van der Waals surface area contributed by atoms with Crippen LogP contribution in [0.5, 0.6) is 11.5 Å². The second-order valence-electron chi connectivity index (χ2n) is 6.53. The summed E-state index contributed by atoms with van der Waals surface area (Å²) in [5, 5.41) is 3.40. The minimum Gasteiger partial charge on any atom is -0.493 e. The lowest BCUT2D eigenvalue weighted by atomic mass is 9.85. The quantitative estimate of drug-likeness (QED) is 0.819. The number of rotatable bonds is 6. The van der Waals surface area contributed by atoms with Gasteiger partial charge in [-0.15, -0.1) is 0 Å². The molecule has 3 rings (SSSR count). The molecule has 0 aromatic heterocycles. The lowest BCUT2D eigenvalue weighted by Crippen LogP contribution is -2.16. The van der Waals surface area contributed by atoms with Gasteiger partial charge in [-0.05, 0) is 54.2 Å². The summed E-state index contributed by atoms with van der Waals surface area (Å²) in [6.07, 6.45) is 4.04. The van der Waals surface area contributed by atoms with Crippen LogP contribution in [0.25, 0.3) is 0 Å². The van der Waals surface area contributed by atoms with Gasteiger partial charge in [-0.2, -0.15) is 0 Å². The van der Waals surface area contributed by atoms with Crippen LogP contribution in [0.2, 0.25) is 0 Å².